The maximum Gasteiger partial charge on any atom is 0.308 e. The zero-order valence-corrected chi connectivity index (χ0v) is 23.9. The van der Waals surface area contributed by atoms with Crippen LogP contribution in [0.25, 0.3) is 0 Å². The number of fused-ring (bicyclic) bond motifs is 2. The van der Waals surface area contributed by atoms with E-state index in [2.05, 4.69) is 0 Å². The van der Waals surface area contributed by atoms with Crippen molar-refractivity contribution in [2.24, 2.45) is 5.92 Å². The summed E-state index contributed by atoms with van der Waals surface area (Å²) in [4.78, 5) is 57.3. The van der Waals surface area contributed by atoms with E-state index in [9.17, 15) is 19.2 Å². The minimum absolute atomic E-state index is 0.158. The second kappa shape index (κ2) is 10.4. The first-order valence-electron chi connectivity index (χ1n) is 12.4. The van der Waals surface area contributed by atoms with Crippen LogP contribution in [-0.4, -0.2) is 58.7 Å². The first kappa shape index (κ1) is 26.6. The van der Waals surface area contributed by atoms with Gasteiger partial charge in [-0.15, -0.1) is 0 Å². The molecule has 0 saturated carbocycles. The SMILES string of the molecule is Cc1ccc(N2C(=O)[C@H]3[C@H](c4cccc(Cl)c4Cl)c4sc(=O)n(CC(=O)N5CCOCC5)c4S[C@H]3C2=O)cc1. The van der Waals surface area contributed by atoms with Gasteiger partial charge in [0, 0.05) is 23.9 Å². The number of carbonyl (C=O) groups excluding carboxylic acids is 3. The van der Waals surface area contributed by atoms with Crippen LogP contribution in [0.1, 0.15) is 21.9 Å². The summed E-state index contributed by atoms with van der Waals surface area (Å²) in [5.74, 6) is -2.39. The molecule has 0 aliphatic carbocycles. The topological polar surface area (TPSA) is 88.9 Å². The Kier molecular flexibility index (Phi) is 7.09. The van der Waals surface area contributed by atoms with Crippen molar-refractivity contribution in [3.05, 3.63) is 78.2 Å². The van der Waals surface area contributed by atoms with E-state index in [-0.39, 0.29) is 34.2 Å². The summed E-state index contributed by atoms with van der Waals surface area (Å²) in [5, 5.41) is 0.296. The van der Waals surface area contributed by atoms with Crippen LogP contribution in [0.15, 0.2) is 52.3 Å². The smallest absolute Gasteiger partial charge is 0.308 e. The quantitative estimate of drug-likeness (QED) is 0.416. The van der Waals surface area contributed by atoms with E-state index in [1.807, 2.05) is 19.1 Å². The van der Waals surface area contributed by atoms with Gasteiger partial charge < -0.3 is 9.64 Å². The molecular weight excluding hydrogens is 581 g/mol. The van der Waals surface area contributed by atoms with Gasteiger partial charge in [-0.3, -0.25) is 23.7 Å². The molecule has 3 amide bonds. The highest BCUT2D eigenvalue weighted by molar-refractivity contribution is 8.00. The summed E-state index contributed by atoms with van der Waals surface area (Å²) in [6.45, 7) is 3.58. The molecule has 8 nitrogen and oxygen atoms in total. The third-order valence-electron chi connectivity index (χ3n) is 7.32. The molecule has 39 heavy (non-hydrogen) atoms. The van der Waals surface area contributed by atoms with Gasteiger partial charge in [0.05, 0.1) is 39.9 Å². The molecule has 3 atom stereocenters. The van der Waals surface area contributed by atoms with Gasteiger partial charge in [-0.2, -0.15) is 0 Å². The highest BCUT2D eigenvalue weighted by atomic mass is 35.5. The van der Waals surface area contributed by atoms with Crippen LogP contribution in [-0.2, 0) is 25.7 Å². The zero-order valence-electron chi connectivity index (χ0n) is 20.8. The number of hydrogen-bond donors (Lipinski definition) is 0. The number of anilines is 1. The van der Waals surface area contributed by atoms with Crippen molar-refractivity contribution in [1.82, 2.24) is 9.47 Å². The Hall–Kier alpha value is -2.63. The van der Waals surface area contributed by atoms with Crippen molar-refractivity contribution in [2.75, 3.05) is 31.2 Å². The van der Waals surface area contributed by atoms with Crippen molar-refractivity contribution in [2.45, 2.75) is 29.7 Å². The number of rotatable bonds is 4. The highest BCUT2D eigenvalue weighted by Gasteiger charge is 2.57. The Bertz CT molecular complexity index is 1550. The first-order chi connectivity index (χ1) is 18.8. The average Bonchev–Trinajstić information content (AvgIpc) is 3.38. The van der Waals surface area contributed by atoms with Crippen molar-refractivity contribution in [3.63, 3.8) is 0 Å². The van der Waals surface area contributed by atoms with E-state index in [0.717, 1.165) is 16.9 Å². The molecule has 0 unspecified atom stereocenters. The number of benzene rings is 2. The van der Waals surface area contributed by atoms with Crippen LogP contribution < -0.4 is 9.77 Å². The molecule has 0 bridgehead atoms. The van der Waals surface area contributed by atoms with Crippen molar-refractivity contribution < 1.29 is 19.1 Å². The Morgan fingerprint density at radius 3 is 2.46 bits per heavy atom. The van der Waals surface area contributed by atoms with Gasteiger partial charge >= 0.3 is 4.87 Å². The summed E-state index contributed by atoms with van der Waals surface area (Å²) in [6, 6.07) is 12.4. The van der Waals surface area contributed by atoms with Crippen molar-refractivity contribution >= 4 is 69.7 Å². The number of aryl methyl sites for hydroxylation is 1. The number of hydrogen-bond acceptors (Lipinski definition) is 7. The van der Waals surface area contributed by atoms with E-state index < -0.39 is 17.1 Å². The van der Waals surface area contributed by atoms with E-state index in [4.69, 9.17) is 27.9 Å². The highest BCUT2D eigenvalue weighted by Crippen LogP contribution is 2.55. The van der Waals surface area contributed by atoms with E-state index in [1.54, 1.807) is 35.2 Å². The molecule has 3 aromatic rings. The molecule has 2 fully saturated rings. The Morgan fingerprint density at radius 2 is 1.74 bits per heavy atom. The van der Waals surface area contributed by atoms with Crippen LogP contribution in [0.4, 0.5) is 5.69 Å². The minimum Gasteiger partial charge on any atom is -0.378 e. The Labute approximate surface area is 242 Å². The number of carbonyl (C=O) groups is 3. The monoisotopic (exact) mass is 603 g/mol. The molecule has 0 spiro atoms. The first-order valence-corrected chi connectivity index (χ1v) is 14.9. The molecule has 3 aliphatic heterocycles. The molecular formula is C27H23Cl2N3O5S2. The fraction of sp³-hybridized carbons (Fsp3) is 0.333. The predicted molar refractivity (Wildman–Crippen MR) is 151 cm³/mol. The summed E-state index contributed by atoms with van der Waals surface area (Å²) in [6.07, 6.45) is 0. The van der Waals surface area contributed by atoms with Crippen LogP contribution in [0.3, 0.4) is 0 Å². The van der Waals surface area contributed by atoms with Crippen LogP contribution in [0.5, 0.6) is 0 Å². The molecule has 4 heterocycles. The van der Waals surface area contributed by atoms with Crippen LogP contribution in [0.2, 0.25) is 10.0 Å². The molecule has 202 valence electrons. The standard InChI is InChI=1S/C27H23Cl2N3O5S2/c1-14-5-7-15(8-6-14)32-24(34)20-19(16-3-2-4-17(28)21(16)29)23-26(38-22(20)25(32)35)31(27(36)39-23)13-18(33)30-9-11-37-12-10-30/h2-8,19-20,22H,9-13H2,1H3/t19-,20-,22+/m0/s1. The molecule has 1 aromatic heterocycles. The van der Waals surface area contributed by atoms with E-state index in [0.29, 0.717) is 52.5 Å². The fourth-order valence-electron chi connectivity index (χ4n) is 5.35. The second-order valence-corrected chi connectivity index (χ2v) is 12.6. The number of thiazole rings is 1. The number of ether oxygens (including phenoxy) is 1. The number of aromatic nitrogens is 1. The lowest BCUT2D eigenvalue weighted by molar-refractivity contribution is -0.136. The van der Waals surface area contributed by atoms with E-state index >= 15 is 0 Å². The summed E-state index contributed by atoms with van der Waals surface area (Å²) in [5.41, 5.74) is 2.06. The van der Waals surface area contributed by atoms with Crippen molar-refractivity contribution in [1.29, 1.82) is 0 Å². The zero-order chi connectivity index (χ0) is 27.4. The molecule has 2 saturated heterocycles. The third kappa shape index (κ3) is 4.52. The molecule has 0 N–H and O–H groups in total. The predicted octanol–water partition coefficient (Wildman–Crippen LogP) is 4.18. The third-order valence-corrected chi connectivity index (χ3v) is 10.8. The lowest BCUT2D eigenvalue weighted by atomic mass is 9.83. The van der Waals surface area contributed by atoms with Gasteiger partial charge in [0.25, 0.3) is 0 Å². The number of morpholine rings is 1. The molecule has 3 aliphatic rings. The van der Waals surface area contributed by atoms with Gasteiger partial charge in [0.15, 0.2) is 0 Å². The normalized spacial score (nSPS) is 22.7. The van der Waals surface area contributed by atoms with Gasteiger partial charge in [0.2, 0.25) is 17.7 Å². The largest absolute Gasteiger partial charge is 0.378 e. The minimum atomic E-state index is -0.801. The lowest BCUT2D eigenvalue weighted by Gasteiger charge is -2.31. The number of halogens is 2. The molecule has 6 rings (SSSR count). The maximum atomic E-state index is 14.0. The maximum absolute atomic E-state index is 14.0. The number of amides is 3. The Balaban J connectivity index is 1.46. The second-order valence-electron chi connectivity index (χ2n) is 9.65. The van der Waals surface area contributed by atoms with Gasteiger partial charge in [0.1, 0.15) is 11.8 Å². The molecule has 2 aromatic carbocycles. The lowest BCUT2D eigenvalue weighted by Crippen LogP contribution is -2.43. The van der Waals surface area contributed by atoms with E-state index in [1.165, 1.54) is 21.2 Å². The van der Waals surface area contributed by atoms with Crippen molar-refractivity contribution in [3.8, 4) is 0 Å². The van der Waals surface area contributed by atoms with Gasteiger partial charge in [-0.25, -0.2) is 4.90 Å². The number of thioether (sulfide) groups is 1. The van der Waals surface area contributed by atoms with Crippen LogP contribution in [0, 0.1) is 12.8 Å². The summed E-state index contributed by atoms with van der Waals surface area (Å²) >= 11 is 15.2. The number of nitrogens with zero attached hydrogens (tertiary/aromatic N) is 3. The number of imide groups is 1. The summed E-state index contributed by atoms with van der Waals surface area (Å²) in [7, 11) is 0. The molecule has 12 heteroatoms. The summed E-state index contributed by atoms with van der Waals surface area (Å²) < 4.78 is 6.77. The fourth-order valence-corrected chi connectivity index (χ4v) is 8.54. The van der Waals surface area contributed by atoms with Crippen LogP contribution >= 0.6 is 46.3 Å². The average molecular weight is 605 g/mol. The Morgan fingerprint density at radius 1 is 1.03 bits per heavy atom. The van der Waals surface area contributed by atoms with Gasteiger partial charge in [-0.05, 0) is 30.7 Å². The molecule has 0 radical (unpaired) electrons. The van der Waals surface area contributed by atoms with Gasteiger partial charge in [-0.1, -0.05) is 76.1 Å².